The summed E-state index contributed by atoms with van der Waals surface area (Å²) in [5.74, 6) is 1.33. The molecule has 0 amide bonds. The first-order chi connectivity index (χ1) is 18.2. The molecule has 0 aromatic heterocycles. The molecule has 0 bridgehead atoms. The molecule has 38 heavy (non-hydrogen) atoms. The van der Waals surface area contributed by atoms with Crippen molar-refractivity contribution in [2.45, 2.75) is 45.1 Å². The predicted molar refractivity (Wildman–Crippen MR) is 145 cm³/mol. The van der Waals surface area contributed by atoms with E-state index in [1.807, 2.05) is 24.3 Å². The van der Waals surface area contributed by atoms with Crippen molar-refractivity contribution in [1.82, 2.24) is 0 Å². The topological polar surface area (TPSA) is 99.1 Å². The van der Waals surface area contributed by atoms with Crippen LogP contribution in [0.3, 0.4) is 0 Å². The highest BCUT2D eigenvalue weighted by Crippen LogP contribution is 2.40. The lowest BCUT2D eigenvalue weighted by atomic mass is 9.82. The van der Waals surface area contributed by atoms with Crippen LogP contribution < -0.4 is 14.2 Å². The second-order valence-corrected chi connectivity index (χ2v) is 12.5. The SMILES string of the molecule is Cc1cc(OCCCS(C)(=O)=O)cc2c1-c1cc(COc3ccc4c(c3)OCC4CC(=O)O)ccc1CC2. The molecule has 8 heteroatoms. The van der Waals surface area contributed by atoms with E-state index < -0.39 is 15.8 Å². The molecule has 7 nitrogen and oxygen atoms in total. The number of carboxylic acid groups (broad SMARTS) is 1. The maximum absolute atomic E-state index is 11.4. The summed E-state index contributed by atoms with van der Waals surface area (Å²) in [6.07, 6.45) is 3.64. The molecule has 3 aromatic rings. The molecule has 1 atom stereocenters. The normalized spacial score (nSPS) is 15.7. The summed E-state index contributed by atoms with van der Waals surface area (Å²) in [5.41, 5.74) is 8.09. The number of rotatable bonds is 10. The Labute approximate surface area is 223 Å². The van der Waals surface area contributed by atoms with E-state index in [0.717, 1.165) is 35.3 Å². The van der Waals surface area contributed by atoms with E-state index in [0.29, 0.717) is 37.7 Å². The van der Waals surface area contributed by atoms with E-state index in [9.17, 15) is 13.2 Å². The van der Waals surface area contributed by atoms with E-state index >= 15 is 0 Å². The van der Waals surface area contributed by atoms with Gasteiger partial charge in [0.15, 0.2) is 0 Å². The standard InChI is InChI=1S/C30H32O7S/c1-19-12-25(35-10-3-11-38(2,33)34)14-22-7-6-21-5-4-20(13-27(21)30(19)22)17-36-24-8-9-26-23(15-29(31)32)18-37-28(26)16-24/h4-5,8-9,12-14,16,23H,3,6-7,10-11,15,17-18H2,1-2H3,(H,31,32). The van der Waals surface area contributed by atoms with E-state index in [4.69, 9.17) is 19.3 Å². The zero-order valence-corrected chi connectivity index (χ0v) is 22.5. The van der Waals surface area contributed by atoms with Crippen LogP contribution in [0, 0.1) is 6.92 Å². The molecule has 0 saturated carbocycles. The van der Waals surface area contributed by atoms with Crippen LogP contribution >= 0.6 is 0 Å². The molecular weight excluding hydrogens is 504 g/mol. The molecule has 1 unspecified atom stereocenters. The van der Waals surface area contributed by atoms with Crippen LogP contribution in [0.25, 0.3) is 11.1 Å². The summed E-state index contributed by atoms with van der Waals surface area (Å²) >= 11 is 0. The summed E-state index contributed by atoms with van der Waals surface area (Å²) in [5, 5.41) is 9.10. The van der Waals surface area contributed by atoms with E-state index in [2.05, 4.69) is 31.2 Å². The van der Waals surface area contributed by atoms with Crippen molar-refractivity contribution < 1.29 is 32.5 Å². The van der Waals surface area contributed by atoms with Gasteiger partial charge in [0.05, 0.1) is 25.4 Å². The average Bonchev–Trinajstić information content (AvgIpc) is 3.25. The highest BCUT2D eigenvalue weighted by molar-refractivity contribution is 7.90. The Morgan fingerprint density at radius 3 is 2.63 bits per heavy atom. The van der Waals surface area contributed by atoms with Gasteiger partial charge in [-0.1, -0.05) is 18.2 Å². The highest BCUT2D eigenvalue weighted by atomic mass is 32.2. The van der Waals surface area contributed by atoms with Gasteiger partial charge in [0.25, 0.3) is 0 Å². The molecule has 0 spiro atoms. The summed E-state index contributed by atoms with van der Waals surface area (Å²) in [6, 6.07) is 16.2. The third-order valence-electron chi connectivity index (χ3n) is 7.12. The molecule has 5 rings (SSSR count). The van der Waals surface area contributed by atoms with Crippen LogP contribution in [-0.2, 0) is 34.1 Å². The Morgan fingerprint density at radius 2 is 1.84 bits per heavy atom. The lowest BCUT2D eigenvalue weighted by Gasteiger charge is -2.24. The summed E-state index contributed by atoms with van der Waals surface area (Å²) < 4.78 is 40.4. The quantitative estimate of drug-likeness (QED) is 0.360. The molecule has 0 fully saturated rings. The number of aliphatic carboxylic acids is 1. The minimum Gasteiger partial charge on any atom is -0.494 e. The van der Waals surface area contributed by atoms with Gasteiger partial charge >= 0.3 is 5.97 Å². The Bertz CT molecular complexity index is 1480. The first kappa shape index (κ1) is 26.1. The Balaban J connectivity index is 1.28. The molecule has 2 aliphatic rings. The van der Waals surface area contributed by atoms with Crippen LogP contribution in [0.2, 0.25) is 0 Å². The van der Waals surface area contributed by atoms with Crippen molar-refractivity contribution in [2.24, 2.45) is 0 Å². The third-order valence-corrected chi connectivity index (χ3v) is 8.15. The van der Waals surface area contributed by atoms with Gasteiger partial charge in [0.1, 0.15) is 33.7 Å². The monoisotopic (exact) mass is 536 g/mol. The zero-order chi connectivity index (χ0) is 26.9. The number of ether oxygens (including phenoxy) is 3. The smallest absolute Gasteiger partial charge is 0.304 e. The number of hydrogen-bond acceptors (Lipinski definition) is 6. The molecule has 1 aliphatic carbocycles. The fraction of sp³-hybridized carbons (Fsp3) is 0.367. The fourth-order valence-corrected chi connectivity index (χ4v) is 5.97. The number of hydrogen-bond donors (Lipinski definition) is 1. The van der Waals surface area contributed by atoms with Crippen molar-refractivity contribution in [3.05, 3.63) is 76.3 Å². The van der Waals surface area contributed by atoms with Crippen LogP contribution in [-0.4, -0.2) is 44.7 Å². The van der Waals surface area contributed by atoms with Crippen LogP contribution in [0.4, 0.5) is 0 Å². The lowest BCUT2D eigenvalue weighted by molar-refractivity contribution is -0.137. The second-order valence-electron chi connectivity index (χ2n) is 10.2. The predicted octanol–water partition coefficient (Wildman–Crippen LogP) is 5.10. The first-order valence-electron chi connectivity index (χ1n) is 12.8. The lowest BCUT2D eigenvalue weighted by Crippen LogP contribution is -2.10. The third kappa shape index (κ3) is 5.96. The molecule has 0 radical (unpaired) electrons. The Hall–Kier alpha value is -3.52. The van der Waals surface area contributed by atoms with Crippen LogP contribution in [0.15, 0.2) is 48.5 Å². The number of carbonyl (C=O) groups is 1. The van der Waals surface area contributed by atoms with Crippen molar-refractivity contribution in [1.29, 1.82) is 0 Å². The van der Waals surface area contributed by atoms with E-state index in [1.54, 1.807) is 0 Å². The van der Waals surface area contributed by atoms with Gasteiger partial charge < -0.3 is 19.3 Å². The van der Waals surface area contributed by atoms with E-state index in [1.165, 1.54) is 28.5 Å². The van der Waals surface area contributed by atoms with Crippen LogP contribution in [0.1, 0.15) is 46.6 Å². The minimum atomic E-state index is -2.99. The Morgan fingerprint density at radius 1 is 1.03 bits per heavy atom. The zero-order valence-electron chi connectivity index (χ0n) is 21.7. The van der Waals surface area contributed by atoms with Gasteiger partial charge in [-0.2, -0.15) is 0 Å². The molecule has 3 aromatic carbocycles. The molecule has 0 saturated heterocycles. The van der Waals surface area contributed by atoms with Gasteiger partial charge in [-0.3, -0.25) is 4.79 Å². The molecule has 1 N–H and O–H groups in total. The van der Waals surface area contributed by atoms with Gasteiger partial charge in [0, 0.05) is 23.8 Å². The van der Waals surface area contributed by atoms with Gasteiger partial charge in [-0.25, -0.2) is 8.42 Å². The highest BCUT2D eigenvalue weighted by Gasteiger charge is 2.27. The maximum atomic E-state index is 11.4. The van der Waals surface area contributed by atoms with Crippen molar-refractivity contribution >= 4 is 15.8 Å². The molecular formula is C30H32O7S. The summed E-state index contributed by atoms with van der Waals surface area (Å²) in [7, 11) is -2.99. The van der Waals surface area contributed by atoms with Gasteiger partial charge in [-0.15, -0.1) is 0 Å². The van der Waals surface area contributed by atoms with Crippen LogP contribution in [0.5, 0.6) is 17.2 Å². The summed E-state index contributed by atoms with van der Waals surface area (Å²) in [4.78, 5) is 11.1. The minimum absolute atomic E-state index is 0.0556. The Kier molecular flexibility index (Phi) is 7.34. The van der Waals surface area contributed by atoms with Gasteiger partial charge in [0.2, 0.25) is 0 Å². The number of carboxylic acids is 1. The number of sulfone groups is 1. The molecule has 1 aliphatic heterocycles. The number of fused-ring (bicyclic) bond motifs is 4. The van der Waals surface area contributed by atoms with Crippen molar-refractivity contribution in [3.63, 3.8) is 0 Å². The maximum Gasteiger partial charge on any atom is 0.304 e. The molecule has 1 heterocycles. The number of aryl methyl sites for hydroxylation is 3. The largest absolute Gasteiger partial charge is 0.494 e. The van der Waals surface area contributed by atoms with Crippen molar-refractivity contribution in [2.75, 3.05) is 25.2 Å². The fourth-order valence-electron chi connectivity index (χ4n) is 5.33. The summed E-state index contributed by atoms with van der Waals surface area (Å²) in [6.45, 7) is 3.24. The van der Waals surface area contributed by atoms with E-state index in [-0.39, 0.29) is 18.1 Å². The number of benzene rings is 3. The molecule has 200 valence electrons. The van der Waals surface area contributed by atoms with Crippen molar-refractivity contribution in [3.8, 4) is 28.4 Å². The van der Waals surface area contributed by atoms with Gasteiger partial charge in [-0.05, 0) is 83.8 Å². The second kappa shape index (κ2) is 10.7. The first-order valence-corrected chi connectivity index (χ1v) is 14.9. The average molecular weight is 537 g/mol.